The Labute approximate surface area is 96.6 Å². The molecule has 0 aromatic rings. The quantitative estimate of drug-likeness (QED) is 0.672. The van der Waals surface area contributed by atoms with Crippen molar-refractivity contribution < 1.29 is 14.6 Å². The van der Waals surface area contributed by atoms with E-state index in [-0.39, 0.29) is 24.5 Å². The Bertz CT molecular complexity index is 219. The molecule has 1 aliphatic rings. The van der Waals surface area contributed by atoms with Crippen molar-refractivity contribution in [1.82, 2.24) is 4.90 Å². The number of ether oxygens (including phenoxy) is 1. The van der Waals surface area contributed by atoms with E-state index in [1.165, 1.54) is 0 Å². The number of carbonyl (C=O) groups excluding carboxylic acids is 1. The number of likely N-dealkylation sites (tertiary alicyclic amines) is 1. The second-order valence-corrected chi connectivity index (χ2v) is 4.33. The van der Waals surface area contributed by atoms with Gasteiger partial charge in [-0.1, -0.05) is 0 Å². The minimum absolute atomic E-state index is 0.0791. The number of amides is 1. The van der Waals surface area contributed by atoms with Crippen molar-refractivity contribution in [2.24, 2.45) is 11.7 Å². The number of hydrogen-bond donors (Lipinski definition) is 2. The molecule has 1 aliphatic heterocycles. The van der Waals surface area contributed by atoms with Crippen LogP contribution in [0, 0.1) is 5.92 Å². The van der Waals surface area contributed by atoms with Crippen LogP contribution >= 0.6 is 0 Å². The third-order valence-corrected chi connectivity index (χ3v) is 3.13. The Morgan fingerprint density at radius 1 is 1.69 bits per heavy atom. The molecular formula is C11H22N2O3. The summed E-state index contributed by atoms with van der Waals surface area (Å²) in [5.74, 6) is 0.312. The van der Waals surface area contributed by atoms with Gasteiger partial charge in [0.1, 0.15) is 0 Å². The lowest BCUT2D eigenvalue weighted by atomic mass is 9.98. The average Bonchev–Trinajstić information content (AvgIpc) is 2.35. The number of carbonyl (C=O) groups is 1. The fourth-order valence-corrected chi connectivity index (χ4v) is 2.03. The van der Waals surface area contributed by atoms with E-state index >= 15 is 0 Å². The van der Waals surface area contributed by atoms with E-state index in [9.17, 15) is 4.79 Å². The molecule has 2 unspecified atom stereocenters. The summed E-state index contributed by atoms with van der Waals surface area (Å²) in [5.41, 5.74) is 5.48. The number of hydrogen-bond acceptors (Lipinski definition) is 4. The molecule has 0 saturated carbocycles. The van der Waals surface area contributed by atoms with E-state index in [4.69, 9.17) is 15.6 Å². The molecule has 16 heavy (non-hydrogen) atoms. The van der Waals surface area contributed by atoms with Gasteiger partial charge in [-0.3, -0.25) is 4.79 Å². The largest absolute Gasteiger partial charge is 0.396 e. The Hall–Kier alpha value is -0.650. The predicted octanol–water partition coefficient (Wildman–Crippen LogP) is -0.419. The van der Waals surface area contributed by atoms with Crippen molar-refractivity contribution in [2.75, 3.05) is 33.4 Å². The number of piperidine rings is 1. The Morgan fingerprint density at radius 2 is 2.44 bits per heavy atom. The first-order chi connectivity index (χ1) is 7.71. The van der Waals surface area contributed by atoms with E-state index in [0.29, 0.717) is 19.5 Å². The summed E-state index contributed by atoms with van der Waals surface area (Å²) < 4.78 is 5.09. The van der Waals surface area contributed by atoms with Gasteiger partial charge in [0.2, 0.25) is 5.91 Å². The highest BCUT2D eigenvalue weighted by atomic mass is 16.5. The SMILES string of the molecule is COC(CN)CC(=O)N1CCCC(CO)C1. The monoisotopic (exact) mass is 230 g/mol. The molecule has 5 nitrogen and oxygen atoms in total. The third-order valence-electron chi connectivity index (χ3n) is 3.13. The Kier molecular flexibility index (Phi) is 5.73. The van der Waals surface area contributed by atoms with Gasteiger partial charge in [-0.2, -0.15) is 0 Å². The van der Waals surface area contributed by atoms with Crippen LogP contribution < -0.4 is 5.73 Å². The Balaban J connectivity index is 2.40. The number of aliphatic hydroxyl groups excluding tert-OH is 1. The first-order valence-corrected chi connectivity index (χ1v) is 5.82. The molecule has 1 amide bonds. The minimum Gasteiger partial charge on any atom is -0.396 e. The zero-order valence-electron chi connectivity index (χ0n) is 9.89. The number of rotatable bonds is 5. The predicted molar refractivity (Wildman–Crippen MR) is 60.9 cm³/mol. The van der Waals surface area contributed by atoms with Crippen molar-refractivity contribution >= 4 is 5.91 Å². The highest BCUT2D eigenvalue weighted by molar-refractivity contribution is 5.76. The summed E-state index contributed by atoms with van der Waals surface area (Å²) in [6.07, 6.45) is 2.12. The van der Waals surface area contributed by atoms with Crippen LogP contribution in [-0.4, -0.2) is 55.4 Å². The second-order valence-electron chi connectivity index (χ2n) is 4.33. The standard InChI is InChI=1S/C11H22N2O3/c1-16-10(6-12)5-11(15)13-4-2-3-9(7-13)8-14/h9-10,14H,2-8,12H2,1H3. The molecule has 0 bridgehead atoms. The lowest BCUT2D eigenvalue weighted by molar-refractivity contribution is -0.135. The van der Waals surface area contributed by atoms with Gasteiger partial charge in [0, 0.05) is 33.4 Å². The zero-order valence-corrected chi connectivity index (χ0v) is 9.89. The van der Waals surface area contributed by atoms with Crippen LogP contribution in [0.25, 0.3) is 0 Å². The fraction of sp³-hybridized carbons (Fsp3) is 0.909. The molecule has 2 atom stereocenters. The van der Waals surface area contributed by atoms with Crippen LogP contribution in [0.3, 0.4) is 0 Å². The smallest absolute Gasteiger partial charge is 0.225 e. The molecule has 0 aromatic heterocycles. The number of aliphatic hydroxyl groups is 1. The highest BCUT2D eigenvalue weighted by Gasteiger charge is 2.24. The van der Waals surface area contributed by atoms with E-state index in [2.05, 4.69) is 0 Å². The summed E-state index contributed by atoms with van der Waals surface area (Å²) in [7, 11) is 1.57. The molecule has 1 fully saturated rings. The maximum Gasteiger partial charge on any atom is 0.225 e. The van der Waals surface area contributed by atoms with Crippen molar-refractivity contribution in [3.8, 4) is 0 Å². The lowest BCUT2D eigenvalue weighted by Crippen LogP contribution is -2.43. The number of nitrogens with zero attached hydrogens (tertiary/aromatic N) is 1. The van der Waals surface area contributed by atoms with Crippen LogP contribution in [0.1, 0.15) is 19.3 Å². The van der Waals surface area contributed by atoms with Crippen molar-refractivity contribution in [1.29, 1.82) is 0 Å². The van der Waals surface area contributed by atoms with Crippen molar-refractivity contribution in [2.45, 2.75) is 25.4 Å². The summed E-state index contributed by atoms with van der Waals surface area (Å²) >= 11 is 0. The van der Waals surface area contributed by atoms with Gasteiger partial charge < -0.3 is 20.5 Å². The van der Waals surface area contributed by atoms with Crippen LogP contribution in [0.4, 0.5) is 0 Å². The van der Waals surface area contributed by atoms with E-state index in [0.717, 1.165) is 19.4 Å². The molecule has 0 radical (unpaired) electrons. The zero-order chi connectivity index (χ0) is 12.0. The van der Waals surface area contributed by atoms with Gasteiger partial charge in [-0.25, -0.2) is 0 Å². The van der Waals surface area contributed by atoms with Crippen LogP contribution in [0.5, 0.6) is 0 Å². The molecule has 1 rings (SSSR count). The first kappa shape index (κ1) is 13.4. The Morgan fingerprint density at radius 3 is 3.00 bits per heavy atom. The van der Waals surface area contributed by atoms with Gasteiger partial charge in [0.25, 0.3) is 0 Å². The summed E-state index contributed by atoms with van der Waals surface area (Å²) in [4.78, 5) is 13.7. The van der Waals surface area contributed by atoms with Crippen LogP contribution in [0.2, 0.25) is 0 Å². The molecule has 1 saturated heterocycles. The van der Waals surface area contributed by atoms with Gasteiger partial charge in [-0.05, 0) is 18.8 Å². The molecular weight excluding hydrogens is 208 g/mol. The average molecular weight is 230 g/mol. The molecule has 0 spiro atoms. The second kappa shape index (κ2) is 6.83. The first-order valence-electron chi connectivity index (χ1n) is 5.82. The molecule has 3 N–H and O–H groups in total. The maximum absolute atomic E-state index is 11.9. The number of methoxy groups -OCH3 is 1. The van der Waals surface area contributed by atoms with Gasteiger partial charge in [0.05, 0.1) is 12.5 Å². The van der Waals surface area contributed by atoms with E-state index < -0.39 is 0 Å². The van der Waals surface area contributed by atoms with Gasteiger partial charge in [-0.15, -0.1) is 0 Å². The molecule has 0 aromatic carbocycles. The molecule has 1 heterocycles. The maximum atomic E-state index is 11.9. The van der Waals surface area contributed by atoms with Gasteiger partial charge >= 0.3 is 0 Å². The van der Waals surface area contributed by atoms with Crippen LogP contribution in [-0.2, 0) is 9.53 Å². The van der Waals surface area contributed by atoms with Gasteiger partial charge in [0.15, 0.2) is 0 Å². The summed E-state index contributed by atoms with van der Waals surface area (Å²) in [6, 6.07) is 0. The molecule has 0 aliphatic carbocycles. The highest BCUT2D eigenvalue weighted by Crippen LogP contribution is 2.17. The molecule has 5 heteroatoms. The third kappa shape index (κ3) is 3.73. The molecule has 94 valence electrons. The van der Waals surface area contributed by atoms with Crippen molar-refractivity contribution in [3.05, 3.63) is 0 Å². The summed E-state index contributed by atoms with van der Waals surface area (Å²) in [5, 5.41) is 9.08. The van der Waals surface area contributed by atoms with E-state index in [1.807, 2.05) is 4.90 Å². The van der Waals surface area contributed by atoms with Crippen LogP contribution in [0.15, 0.2) is 0 Å². The lowest BCUT2D eigenvalue weighted by Gasteiger charge is -2.32. The summed E-state index contributed by atoms with van der Waals surface area (Å²) in [6.45, 7) is 1.97. The topological polar surface area (TPSA) is 75.8 Å². The minimum atomic E-state index is -0.193. The fourth-order valence-electron chi connectivity index (χ4n) is 2.03. The van der Waals surface area contributed by atoms with Crippen molar-refractivity contribution in [3.63, 3.8) is 0 Å². The normalized spacial score (nSPS) is 23.2. The van der Waals surface area contributed by atoms with E-state index in [1.54, 1.807) is 7.11 Å². The number of nitrogens with two attached hydrogens (primary N) is 1.